The summed E-state index contributed by atoms with van der Waals surface area (Å²) in [5.74, 6) is 1.21. The van der Waals surface area contributed by atoms with Crippen molar-refractivity contribution in [2.45, 2.75) is 5.92 Å². The molecule has 1 atom stereocenters. The van der Waals surface area contributed by atoms with Gasteiger partial charge in [0.25, 0.3) is 8.38 Å². The number of nitriles is 1. The van der Waals surface area contributed by atoms with Crippen molar-refractivity contribution >= 4 is 8.38 Å². The van der Waals surface area contributed by atoms with E-state index in [0.29, 0.717) is 6.16 Å². The van der Waals surface area contributed by atoms with Gasteiger partial charge in [0.1, 0.15) is 11.5 Å². The van der Waals surface area contributed by atoms with E-state index in [1.807, 2.05) is 91.0 Å². The fourth-order valence-corrected chi connectivity index (χ4v) is 3.84. The maximum absolute atomic E-state index is 9.61. The standard InChI is InChI=1S/C21H18NO2P/c22-16-19(18-10-4-1-5-11-18)17-25(23-20-12-6-2-7-13-20)24-21-14-8-3-9-15-21/h1-15,19H,17H2. The van der Waals surface area contributed by atoms with E-state index >= 15 is 0 Å². The van der Waals surface area contributed by atoms with Gasteiger partial charge >= 0.3 is 0 Å². The zero-order chi connectivity index (χ0) is 17.3. The van der Waals surface area contributed by atoms with Crippen molar-refractivity contribution in [3.8, 4) is 17.6 Å². The van der Waals surface area contributed by atoms with Crippen molar-refractivity contribution in [3.63, 3.8) is 0 Å². The van der Waals surface area contributed by atoms with Crippen LogP contribution < -0.4 is 9.05 Å². The molecule has 0 bridgehead atoms. The molecule has 0 aromatic heterocycles. The van der Waals surface area contributed by atoms with Crippen LogP contribution in [0.1, 0.15) is 11.5 Å². The van der Waals surface area contributed by atoms with E-state index in [-0.39, 0.29) is 5.92 Å². The van der Waals surface area contributed by atoms with E-state index < -0.39 is 8.38 Å². The average Bonchev–Trinajstić information content (AvgIpc) is 2.68. The summed E-state index contributed by atoms with van der Waals surface area (Å²) in [4.78, 5) is 0. The predicted molar refractivity (Wildman–Crippen MR) is 101 cm³/mol. The Morgan fingerprint density at radius 3 is 1.60 bits per heavy atom. The van der Waals surface area contributed by atoms with Crippen LogP contribution in [-0.4, -0.2) is 6.16 Å². The fraction of sp³-hybridized carbons (Fsp3) is 0.0952. The van der Waals surface area contributed by atoms with Crippen molar-refractivity contribution < 1.29 is 9.05 Å². The molecule has 3 aromatic carbocycles. The fourth-order valence-electron chi connectivity index (χ4n) is 2.35. The van der Waals surface area contributed by atoms with Gasteiger partial charge in [0.2, 0.25) is 0 Å². The predicted octanol–water partition coefficient (Wildman–Crippen LogP) is 5.76. The Kier molecular flexibility index (Phi) is 6.04. The van der Waals surface area contributed by atoms with Crippen LogP contribution in [0.5, 0.6) is 11.5 Å². The summed E-state index contributed by atoms with van der Waals surface area (Å²) >= 11 is 0. The van der Waals surface area contributed by atoms with E-state index in [1.54, 1.807) is 0 Å². The van der Waals surface area contributed by atoms with Crippen LogP contribution in [-0.2, 0) is 0 Å². The Labute approximate surface area is 149 Å². The van der Waals surface area contributed by atoms with Crippen LogP contribution in [0.15, 0.2) is 91.0 Å². The quantitative estimate of drug-likeness (QED) is 0.510. The second-order valence-corrected chi connectivity index (χ2v) is 6.81. The Morgan fingerprint density at radius 2 is 1.16 bits per heavy atom. The second-order valence-electron chi connectivity index (χ2n) is 5.42. The maximum atomic E-state index is 9.61. The summed E-state index contributed by atoms with van der Waals surface area (Å²) in [6.45, 7) is 0. The molecule has 3 aromatic rings. The molecule has 3 nitrogen and oxygen atoms in total. The van der Waals surface area contributed by atoms with Crippen LogP contribution in [0.3, 0.4) is 0 Å². The summed E-state index contributed by atoms with van der Waals surface area (Å²) in [5, 5.41) is 9.61. The lowest BCUT2D eigenvalue weighted by molar-refractivity contribution is 0.487. The Bertz CT molecular complexity index is 762. The Hall–Kier alpha value is -2.82. The first-order valence-corrected chi connectivity index (χ1v) is 9.39. The molecular weight excluding hydrogens is 329 g/mol. The van der Waals surface area contributed by atoms with E-state index in [9.17, 15) is 5.26 Å². The number of para-hydroxylation sites is 2. The smallest absolute Gasteiger partial charge is 0.292 e. The van der Waals surface area contributed by atoms with Gasteiger partial charge in [0, 0.05) is 0 Å². The summed E-state index contributed by atoms with van der Waals surface area (Å²) in [7, 11) is -1.30. The van der Waals surface area contributed by atoms with E-state index in [0.717, 1.165) is 17.1 Å². The molecule has 0 aliphatic heterocycles. The van der Waals surface area contributed by atoms with Crippen molar-refractivity contribution in [2.24, 2.45) is 0 Å². The SMILES string of the molecule is N#CC(CP(Oc1ccccc1)Oc1ccccc1)c1ccccc1. The molecule has 0 heterocycles. The second kappa shape index (κ2) is 8.87. The molecule has 0 spiro atoms. The molecule has 124 valence electrons. The molecule has 3 rings (SSSR count). The maximum Gasteiger partial charge on any atom is 0.292 e. The van der Waals surface area contributed by atoms with Crippen molar-refractivity contribution in [2.75, 3.05) is 6.16 Å². The molecule has 0 amide bonds. The van der Waals surface area contributed by atoms with Crippen LogP contribution in [0.4, 0.5) is 0 Å². The third kappa shape index (κ3) is 5.08. The summed E-state index contributed by atoms with van der Waals surface area (Å²) in [5.41, 5.74) is 0.978. The highest BCUT2D eigenvalue weighted by atomic mass is 31.2. The highest BCUT2D eigenvalue weighted by Crippen LogP contribution is 2.43. The topological polar surface area (TPSA) is 42.2 Å². The number of nitrogens with zero attached hydrogens (tertiary/aromatic N) is 1. The minimum absolute atomic E-state index is 0.278. The van der Waals surface area contributed by atoms with Gasteiger partial charge in [-0.25, -0.2) is 0 Å². The lowest BCUT2D eigenvalue weighted by Gasteiger charge is -2.21. The monoisotopic (exact) mass is 347 g/mol. The lowest BCUT2D eigenvalue weighted by atomic mass is 10.0. The number of benzene rings is 3. The largest absolute Gasteiger partial charge is 0.439 e. The van der Waals surface area contributed by atoms with Gasteiger partial charge in [-0.3, -0.25) is 0 Å². The minimum Gasteiger partial charge on any atom is -0.439 e. The molecular formula is C21H18NO2P. The van der Waals surface area contributed by atoms with Crippen LogP contribution >= 0.6 is 8.38 Å². The summed E-state index contributed by atoms with van der Waals surface area (Å²) in [6, 6.07) is 31.3. The van der Waals surface area contributed by atoms with Crippen LogP contribution in [0.25, 0.3) is 0 Å². The lowest BCUT2D eigenvalue weighted by Crippen LogP contribution is -2.07. The van der Waals surface area contributed by atoms with E-state index in [2.05, 4.69) is 6.07 Å². The minimum atomic E-state index is -1.30. The first-order valence-electron chi connectivity index (χ1n) is 8.03. The normalized spacial score (nSPS) is 11.5. The van der Waals surface area contributed by atoms with Crippen LogP contribution in [0, 0.1) is 11.3 Å². The van der Waals surface area contributed by atoms with Gasteiger partial charge in [-0.05, 0) is 29.8 Å². The van der Waals surface area contributed by atoms with Gasteiger partial charge in [0.15, 0.2) is 0 Å². The van der Waals surface area contributed by atoms with Gasteiger partial charge in [-0.2, -0.15) is 5.26 Å². The molecule has 0 N–H and O–H groups in total. The molecule has 4 heteroatoms. The highest BCUT2D eigenvalue weighted by molar-refractivity contribution is 7.48. The third-order valence-electron chi connectivity index (χ3n) is 3.59. The zero-order valence-electron chi connectivity index (χ0n) is 13.7. The molecule has 25 heavy (non-hydrogen) atoms. The van der Waals surface area contributed by atoms with Gasteiger partial charge < -0.3 is 9.05 Å². The van der Waals surface area contributed by atoms with Gasteiger partial charge in [-0.1, -0.05) is 66.7 Å². The van der Waals surface area contributed by atoms with Gasteiger partial charge in [0.05, 0.1) is 18.1 Å². The van der Waals surface area contributed by atoms with Gasteiger partial charge in [-0.15, -0.1) is 0 Å². The molecule has 0 saturated heterocycles. The molecule has 0 aliphatic rings. The molecule has 0 fully saturated rings. The number of hydrogen-bond donors (Lipinski definition) is 0. The van der Waals surface area contributed by atoms with Crippen molar-refractivity contribution in [1.29, 1.82) is 5.26 Å². The highest BCUT2D eigenvalue weighted by Gasteiger charge is 2.23. The van der Waals surface area contributed by atoms with E-state index in [1.165, 1.54) is 0 Å². The van der Waals surface area contributed by atoms with Crippen molar-refractivity contribution in [1.82, 2.24) is 0 Å². The third-order valence-corrected chi connectivity index (χ3v) is 5.08. The summed E-state index contributed by atoms with van der Waals surface area (Å²) < 4.78 is 12.1. The summed E-state index contributed by atoms with van der Waals surface area (Å²) in [6.07, 6.45) is 0.500. The number of hydrogen-bond acceptors (Lipinski definition) is 3. The molecule has 1 unspecified atom stereocenters. The average molecular weight is 347 g/mol. The first-order chi connectivity index (χ1) is 12.3. The van der Waals surface area contributed by atoms with Crippen molar-refractivity contribution in [3.05, 3.63) is 96.6 Å². The Balaban J connectivity index is 1.78. The zero-order valence-corrected chi connectivity index (χ0v) is 14.6. The van der Waals surface area contributed by atoms with Crippen LogP contribution in [0.2, 0.25) is 0 Å². The molecule has 0 radical (unpaired) electrons. The van der Waals surface area contributed by atoms with E-state index in [4.69, 9.17) is 9.05 Å². The first kappa shape index (κ1) is 17.0. The molecule has 0 saturated carbocycles. The Morgan fingerprint density at radius 1 is 0.720 bits per heavy atom. The molecule has 0 aliphatic carbocycles. The number of rotatable bonds is 7.